The summed E-state index contributed by atoms with van der Waals surface area (Å²) in [5, 5.41) is 11.9. The fourth-order valence-electron chi connectivity index (χ4n) is 1.67. The summed E-state index contributed by atoms with van der Waals surface area (Å²) >= 11 is 13.0. The van der Waals surface area contributed by atoms with Crippen LogP contribution in [0.4, 0.5) is 10.5 Å². The summed E-state index contributed by atoms with van der Waals surface area (Å²) in [6.07, 6.45) is 0. The summed E-state index contributed by atoms with van der Waals surface area (Å²) in [7, 11) is 0. The smallest absolute Gasteiger partial charge is 0.323 e. The van der Waals surface area contributed by atoms with E-state index in [0.29, 0.717) is 16.1 Å². The lowest BCUT2D eigenvalue weighted by molar-refractivity contribution is -0.137. The second-order valence-electron chi connectivity index (χ2n) is 4.01. The van der Waals surface area contributed by atoms with Gasteiger partial charge in [0.05, 0.1) is 27.5 Å². The van der Waals surface area contributed by atoms with Crippen LogP contribution in [0.1, 0.15) is 6.92 Å². The number of nitrogens with zero attached hydrogens (tertiary/aromatic N) is 3. The highest BCUT2D eigenvalue weighted by Crippen LogP contribution is 2.35. The van der Waals surface area contributed by atoms with Crippen LogP contribution in [-0.4, -0.2) is 43.8 Å². The van der Waals surface area contributed by atoms with Crippen LogP contribution in [-0.2, 0) is 4.79 Å². The number of carbonyl (C=O) groups excluding carboxylic acids is 1. The first-order valence-corrected chi connectivity index (χ1v) is 7.30. The second kappa shape index (κ2) is 6.42. The Morgan fingerprint density at radius 2 is 2.00 bits per heavy atom. The van der Waals surface area contributed by atoms with Crippen molar-refractivity contribution in [3.05, 3.63) is 16.1 Å². The van der Waals surface area contributed by atoms with Crippen molar-refractivity contribution in [2.45, 2.75) is 6.92 Å². The predicted molar refractivity (Wildman–Crippen MR) is 81.3 cm³/mol. The zero-order chi connectivity index (χ0) is 15.6. The lowest BCUT2D eigenvalue weighted by Crippen LogP contribution is -2.38. The maximum atomic E-state index is 12.1. The van der Waals surface area contributed by atoms with Crippen molar-refractivity contribution >= 4 is 63.7 Å². The van der Waals surface area contributed by atoms with Gasteiger partial charge in [0.15, 0.2) is 0 Å². The highest BCUT2D eigenvalue weighted by Gasteiger charge is 2.20. The third kappa shape index (κ3) is 3.34. The lowest BCUT2D eigenvalue weighted by atomic mass is 10.2. The van der Waals surface area contributed by atoms with Crippen molar-refractivity contribution in [2.24, 2.45) is 0 Å². The third-order valence-electron chi connectivity index (χ3n) is 2.67. The molecule has 1 aromatic heterocycles. The molecule has 0 aliphatic carbocycles. The topological polar surface area (TPSA) is 95.4 Å². The van der Waals surface area contributed by atoms with Gasteiger partial charge in [-0.05, 0) is 13.0 Å². The fourth-order valence-corrected chi connectivity index (χ4v) is 2.83. The summed E-state index contributed by atoms with van der Waals surface area (Å²) < 4.78 is 8.07. The molecule has 7 nitrogen and oxygen atoms in total. The summed E-state index contributed by atoms with van der Waals surface area (Å²) in [6, 6.07) is 0.870. The third-order valence-corrected chi connectivity index (χ3v) is 3.79. The van der Waals surface area contributed by atoms with Gasteiger partial charge in [-0.1, -0.05) is 23.2 Å². The number of carboxylic acid groups (broad SMARTS) is 1. The van der Waals surface area contributed by atoms with Gasteiger partial charge in [-0.15, -0.1) is 0 Å². The van der Waals surface area contributed by atoms with Crippen molar-refractivity contribution in [2.75, 3.05) is 18.4 Å². The average Bonchev–Trinajstić information content (AvgIpc) is 2.90. The average molecular weight is 349 g/mol. The van der Waals surface area contributed by atoms with E-state index in [9.17, 15) is 9.59 Å². The molecule has 0 aliphatic rings. The molecule has 0 saturated carbocycles. The number of carboxylic acids is 1. The number of likely N-dealkylation sites (N-methyl/N-ethyl adjacent to an activating group) is 1. The van der Waals surface area contributed by atoms with Gasteiger partial charge in [-0.2, -0.15) is 8.75 Å². The molecule has 0 atom stereocenters. The second-order valence-corrected chi connectivity index (χ2v) is 5.36. The van der Waals surface area contributed by atoms with E-state index in [1.165, 1.54) is 6.07 Å². The van der Waals surface area contributed by atoms with Crippen LogP contribution in [0.2, 0.25) is 10.0 Å². The Morgan fingerprint density at radius 1 is 1.33 bits per heavy atom. The predicted octanol–water partition coefficient (Wildman–Crippen LogP) is 2.94. The van der Waals surface area contributed by atoms with Gasteiger partial charge in [-0.25, -0.2) is 4.79 Å². The Kier molecular flexibility index (Phi) is 4.81. The number of anilines is 1. The minimum atomic E-state index is -1.10. The minimum absolute atomic E-state index is 0.208. The lowest BCUT2D eigenvalue weighted by Gasteiger charge is -2.19. The Morgan fingerprint density at radius 3 is 2.62 bits per heavy atom. The normalized spacial score (nSPS) is 10.6. The molecule has 1 aromatic carbocycles. The quantitative estimate of drug-likeness (QED) is 0.885. The number of benzene rings is 1. The standard InChI is InChI=1S/C11H10Cl2N4O3S/c1-2-17(4-7(18)19)11(20)14-8-5(12)3-6(13)9-10(8)16-21-15-9/h3H,2,4H2,1H3,(H,14,20)(H,18,19). The van der Waals surface area contributed by atoms with Gasteiger partial charge in [-0.3, -0.25) is 4.79 Å². The molecule has 2 rings (SSSR count). The first-order valence-electron chi connectivity index (χ1n) is 5.82. The molecule has 0 aliphatic heterocycles. The number of aliphatic carboxylic acids is 1. The van der Waals surface area contributed by atoms with E-state index < -0.39 is 18.5 Å². The molecule has 0 spiro atoms. The van der Waals surface area contributed by atoms with Gasteiger partial charge in [0.2, 0.25) is 0 Å². The van der Waals surface area contributed by atoms with Crippen molar-refractivity contribution in [3.8, 4) is 0 Å². The van der Waals surface area contributed by atoms with E-state index in [0.717, 1.165) is 16.6 Å². The van der Waals surface area contributed by atoms with Crippen molar-refractivity contribution in [1.82, 2.24) is 13.6 Å². The van der Waals surface area contributed by atoms with Gasteiger partial charge in [0.1, 0.15) is 17.6 Å². The zero-order valence-electron chi connectivity index (χ0n) is 10.8. The number of aromatic nitrogens is 2. The number of halogens is 2. The summed E-state index contributed by atoms with van der Waals surface area (Å²) in [6.45, 7) is 1.50. The van der Waals surface area contributed by atoms with Crippen molar-refractivity contribution in [3.63, 3.8) is 0 Å². The van der Waals surface area contributed by atoms with E-state index >= 15 is 0 Å². The Hall–Kier alpha value is -1.64. The van der Waals surface area contributed by atoms with Crippen LogP contribution < -0.4 is 5.32 Å². The number of nitrogens with one attached hydrogen (secondary N) is 1. The molecular formula is C11H10Cl2N4O3S. The molecule has 10 heteroatoms. The highest BCUT2D eigenvalue weighted by atomic mass is 35.5. The number of rotatable bonds is 4. The first-order chi connectivity index (χ1) is 9.93. The number of urea groups is 1. The number of hydrogen-bond acceptors (Lipinski definition) is 5. The van der Waals surface area contributed by atoms with Gasteiger partial charge in [0.25, 0.3) is 0 Å². The van der Waals surface area contributed by atoms with Crippen LogP contribution in [0.5, 0.6) is 0 Å². The molecule has 21 heavy (non-hydrogen) atoms. The van der Waals surface area contributed by atoms with Gasteiger partial charge in [0, 0.05) is 6.54 Å². The van der Waals surface area contributed by atoms with Gasteiger partial charge >= 0.3 is 12.0 Å². The molecule has 0 unspecified atom stereocenters. The summed E-state index contributed by atoms with van der Waals surface area (Å²) in [5.41, 5.74) is 1.07. The summed E-state index contributed by atoms with van der Waals surface area (Å²) in [5.74, 6) is -1.10. The number of carbonyl (C=O) groups is 2. The zero-order valence-corrected chi connectivity index (χ0v) is 13.1. The maximum Gasteiger partial charge on any atom is 0.323 e. The molecule has 2 aromatic rings. The van der Waals surface area contributed by atoms with E-state index in [1.807, 2.05) is 0 Å². The fraction of sp³-hybridized carbons (Fsp3) is 0.273. The Balaban J connectivity index is 2.33. The maximum absolute atomic E-state index is 12.1. The Labute approximate surface area is 133 Å². The minimum Gasteiger partial charge on any atom is -0.480 e. The molecule has 112 valence electrons. The van der Waals surface area contributed by atoms with Gasteiger partial charge < -0.3 is 15.3 Å². The highest BCUT2D eigenvalue weighted by molar-refractivity contribution is 7.00. The molecular weight excluding hydrogens is 339 g/mol. The molecule has 0 fully saturated rings. The van der Waals surface area contributed by atoms with Crippen molar-refractivity contribution in [1.29, 1.82) is 0 Å². The van der Waals surface area contributed by atoms with Crippen LogP contribution in [0.25, 0.3) is 11.0 Å². The van der Waals surface area contributed by atoms with Crippen LogP contribution in [0.3, 0.4) is 0 Å². The SMILES string of the molecule is CCN(CC(=O)O)C(=O)Nc1c(Cl)cc(Cl)c2nsnc12. The van der Waals surface area contributed by atoms with E-state index in [4.69, 9.17) is 28.3 Å². The molecule has 0 saturated heterocycles. The van der Waals surface area contributed by atoms with Crippen LogP contribution in [0.15, 0.2) is 6.07 Å². The monoisotopic (exact) mass is 348 g/mol. The largest absolute Gasteiger partial charge is 0.480 e. The molecule has 2 amide bonds. The number of hydrogen-bond donors (Lipinski definition) is 2. The first kappa shape index (κ1) is 15.7. The number of amides is 2. The van der Waals surface area contributed by atoms with Crippen LogP contribution >= 0.6 is 34.9 Å². The van der Waals surface area contributed by atoms with E-state index in [-0.39, 0.29) is 17.3 Å². The van der Waals surface area contributed by atoms with Crippen LogP contribution in [0, 0.1) is 0 Å². The van der Waals surface area contributed by atoms with E-state index in [2.05, 4.69) is 14.1 Å². The molecule has 0 bridgehead atoms. The Bertz CT molecular complexity index is 706. The van der Waals surface area contributed by atoms with E-state index in [1.54, 1.807) is 6.92 Å². The van der Waals surface area contributed by atoms with Crippen molar-refractivity contribution < 1.29 is 14.7 Å². The molecule has 0 radical (unpaired) electrons. The number of fused-ring (bicyclic) bond motifs is 1. The summed E-state index contributed by atoms with van der Waals surface area (Å²) in [4.78, 5) is 23.9. The molecule has 1 heterocycles. The molecule has 2 N–H and O–H groups in total.